The number of nitrogens with two attached hydrogens (primary N) is 1. The quantitative estimate of drug-likeness (QED) is 0.866. The van der Waals surface area contributed by atoms with Crippen LogP contribution >= 0.6 is 0 Å². The molecule has 0 unspecified atom stereocenters. The lowest BCUT2D eigenvalue weighted by atomic mass is 9.97. The van der Waals surface area contributed by atoms with Crippen LogP contribution in [-0.4, -0.2) is 29.9 Å². The van der Waals surface area contributed by atoms with E-state index in [1.165, 1.54) is 4.90 Å². The third-order valence-electron chi connectivity index (χ3n) is 3.75. The van der Waals surface area contributed by atoms with Gasteiger partial charge in [-0.1, -0.05) is 12.1 Å². The van der Waals surface area contributed by atoms with Crippen molar-refractivity contribution in [2.24, 2.45) is 11.7 Å². The second-order valence-corrected chi connectivity index (χ2v) is 5.43. The third-order valence-corrected chi connectivity index (χ3v) is 3.75. The summed E-state index contributed by atoms with van der Waals surface area (Å²) in [7, 11) is 0. The Morgan fingerprint density at radius 1 is 1.35 bits per heavy atom. The molecule has 1 aromatic carbocycles. The van der Waals surface area contributed by atoms with Crippen LogP contribution in [0.4, 0.5) is 10.5 Å². The lowest BCUT2D eigenvalue weighted by Gasteiger charge is -2.30. The molecular weight excluding hydrogens is 254 g/mol. The molecule has 1 saturated heterocycles. The van der Waals surface area contributed by atoms with Crippen molar-refractivity contribution in [2.45, 2.75) is 26.7 Å². The molecule has 1 aliphatic rings. The van der Waals surface area contributed by atoms with Gasteiger partial charge >= 0.3 is 6.03 Å². The molecule has 0 bridgehead atoms. The summed E-state index contributed by atoms with van der Waals surface area (Å²) in [5, 5.41) is 2.96. The van der Waals surface area contributed by atoms with Gasteiger partial charge in [-0.25, -0.2) is 4.79 Å². The Labute approximate surface area is 119 Å². The number of amides is 3. The molecule has 0 saturated carbocycles. The molecule has 20 heavy (non-hydrogen) atoms. The highest BCUT2D eigenvalue weighted by Gasteiger charge is 2.27. The molecule has 0 spiro atoms. The summed E-state index contributed by atoms with van der Waals surface area (Å²) in [6.45, 7) is 5.00. The summed E-state index contributed by atoms with van der Waals surface area (Å²) >= 11 is 0. The summed E-state index contributed by atoms with van der Waals surface area (Å²) in [5.41, 5.74) is 8.26. The number of carbonyl (C=O) groups is 2. The largest absolute Gasteiger partial charge is 0.351 e. The normalized spacial score (nSPS) is 18.7. The Morgan fingerprint density at radius 2 is 2.10 bits per heavy atom. The van der Waals surface area contributed by atoms with Crippen molar-refractivity contribution >= 4 is 17.6 Å². The lowest BCUT2D eigenvalue weighted by molar-refractivity contribution is -0.121. The molecular formula is C15H21N3O2. The van der Waals surface area contributed by atoms with E-state index in [2.05, 4.69) is 5.32 Å². The van der Waals surface area contributed by atoms with Crippen LogP contribution in [0.15, 0.2) is 18.2 Å². The number of rotatable bonds is 2. The highest BCUT2D eigenvalue weighted by Crippen LogP contribution is 2.21. The molecule has 5 heteroatoms. The van der Waals surface area contributed by atoms with Crippen LogP contribution in [0.2, 0.25) is 0 Å². The Hall–Kier alpha value is -2.04. The van der Waals surface area contributed by atoms with Crippen LogP contribution in [0.5, 0.6) is 0 Å². The fourth-order valence-corrected chi connectivity index (χ4v) is 2.50. The minimum Gasteiger partial charge on any atom is -0.351 e. The van der Waals surface area contributed by atoms with Gasteiger partial charge in [0.25, 0.3) is 0 Å². The molecule has 1 aliphatic heterocycles. The first-order valence-corrected chi connectivity index (χ1v) is 6.90. The number of hydrogen-bond donors (Lipinski definition) is 2. The Kier molecular flexibility index (Phi) is 4.27. The number of piperidine rings is 1. The number of urea groups is 1. The first-order valence-electron chi connectivity index (χ1n) is 6.90. The highest BCUT2D eigenvalue weighted by molar-refractivity contribution is 5.93. The predicted molar refractivity (Wildman–Crippen MR) is 78.4 cm³/mol. The molecule has 0 aliphatic carbocycles. The van der Waals surface area contributed by atoms with Crippen LogP contribution in [0.3, 0.4) is 0 Å². The molecule has 1 atom stereocenters. The van der Waals surface area contributed by atoms with E-state index in [4.69, 9.17) is 5.73 Å². The van der Waals surface area contributed by atoms with E-state index in [0.29, 0.717) is 13.1 Å². The predicted octanol–water partition coefficient (Wildman–Crippen LogP) is 2.03. The van der Waals surface area contributed by atoms with Gasteiger partial charge in [-0.3, -0.25) is 4.79 Å². The van der Waals surface area contributed by atoms with Crippen molar-refractivity contribution in [3.05, 3.63) is 29.3 Å². The number of anilines is 1. The third kappa shape index (κ3) is 3.29. The minimum absolute atomic E-state index is 0.0374. The number of likely N-dealkylation sites (tertiary alicyclic amines) is 1. The smallest absolute Gasteiger partial charge is 0.314 e. The number of benzene rings is 1. The zero-order chi connectivity index (χ0) is 14.7. The number of nitrogens with zero attached hydrogens (tertiary/aromatic N) is 1. The maximum atomic E-state index is 12.3. The maximum absolute atomic E-state index is 12.3. The number of carbonyl (C=O) groups excluding carboxylic acids is 2. The molecule has 0 radical (unpaired) electrons. The second kappa shape index (κ2) is 5.94. The minimum atomic E-state index is -0.450. The Morgan fingerprint density at radius 3 is 2.80 bits per heavy atom. The number of hydrogen-bond acceptors (Lipinski definition) is 2. The molecule has 3 N–H and O–H groups in total. The van der Waals surface area contributed by atoms with Crippen LogP contribution in [0.25, 0.3) is 0 Å². The summed E-state index contributed by atoms with van der Waals surface area (Å²) in [6, 6.07) is 5.51. The van der Waals surface area contributed by atoms with Gasteiger partial charge in [0.05, 0.1) is 5.92 Å². The van der Waals surface area contributed by atoms with E-state index < -0.39 is 6.03 Å². The van der Waals surface area contributed by atoms with E-state index in [-0.39, 0.29) is 11.8 Å². The standard InChI is InChI=1S/C15H21N3O2/c1-10-5-6-11(2)13(8-10)17-14(19)12-4-3-7-18(9-12)15(16)20/h5-6,8,12H,3-4,7,9H2,1-2H3,(H2,16,20)(H,17,19)/t12-/m0/s1. The average Bonchev–Trinajstić information content (AvgIpc) is 2.43. The molecule has 108 valence electrons. The fraction of sp³-hybridized carbons (Fsp3) is 0.467. The van der Waals surface area contributed by atoms with E-state index in [0.717, 1.165) is 29.7 Å². The van der Waals surface area contributed by atoms with Gasteiger partial charge in [-0.15, -0.1) is 0 Å². The van der Waals surface area contributed by atoms with E-state index in [1.807, 2.05) is 32.0 Å². The molecule has 3 amide bonds. The molecule has 2 rings (SSSR count). The number of primary amides is 1. The van der Waals surface area contributed by atoms with Crippen LogP contribution in [0, 0.1) is 19.8 Å². The second-order valence-electron chi connectivity index (χ2n) is 5.43. The molecule has 1 aromatic rings. The lowest BCUT2D eigenvalue weighted by Crippen LogP contribution is -2.46. The Bertz CT molecular complexity index is 528. The first-order chi connectivity index (χ1) is 9.47. The van der Waals surface area contributed by atoms with Gasteiger partial charge in [0.1, 0.15) is 0 Å². The van der Waals surface area contributed by atoms with Crippen LogP contribution in [0.1, 0.15) is 24.0 Å². The van der Waals surface area contributed by atoms with Crippen molar-refractivity contribution in [3.8, 4) is 0 Å². The van der Waals surface area contributed by atoms with Gasteiger partial charge in [0.15, 0.2) is 0 Å². The summed E-state index contributed by atoms with van der Waals surface area (Å²) < 4.78 is 0. The average molecular weight is 275 g/mol. The van der Waals surface area contributed by atoms with Gasteiger partial charge in [0.2, 0.25) is 5.91 Å². The monoisotopic (exact) mass is 275 g/mol. The zero-order valence-corrected chi connectivity index (χ0v) is 12.0. The Balaban J connectivity index is 2.04. The SMILES string of the molecule is Cc1ccc(C)c(NC(=O)[C@H]2CCCN(C(N)=O)C2)c1. The van der Waals surface area contributed by atoms with Crippen LogP contribution in [-0.2, 0) is 4.79 Å². The number of aryl methyl sites for hydroxylation is 2. The molecule has 5 nitrogen and oxygen atoms in total. The van der Waals surface area contributed by atoms with E-state index >= 15 is 0 Å². The molecule has 0 aromatic heterocycles. The van der Waals surface area contributed by atoms with E-state index in [9.17, 15) is 9.59 Å². The van der Waals surface area contributed by atoms with Crippen molar-refractivity contribution in [1.29, 1.82) is 0 Å². The van der Waals surface area contributed by atoms with Crippen molar-refractivity contribution < 1.29 is 9.59 Å². The zero-order valence-electron chi connectivity index (χ0n) is 12.0. The maximum Gasteiger partial charge on any atom is 0.314 e. The van der Waals surface area contributed by atoms with Gasteiger partial charge in [-0.2, -0.15) is 0 Å². The first kappa shape index (κ1) is 14.4. The van der Waals surface area contributed by atoms with Crippen molar-refractivity contribution in [2.75, 3.05) is 18.4 Å². The summed E-state index contributed by atoms with van der Waals surface area (Å²) in [5.74, 6) is -0.221. The number of nitrogens with one attached hydrogen (secondary N) is 1. The van der Waals surface area contributed by atoms with Crippen molar-refractivity contribution in [1.82, 2.24) is 4.90 Å². The van der Waals surface area contributed by atoms with Crippen molar-refractivity contribution in [3.63, 3.8) is 0 Å². The van der Waals surface area contributed by atoms with Crippen LogP contribution < -0.4 is 11.1 Å². The molecule has 1 fully saturated rings. The summed E-state index contributed by atoms with van der Waals surface area (Å²) in [4.78, 5) is 25.0. The van der Waals surface area contributed by atoms with E-state index in [1.54, 1.807) is 0 Å². The topological polar surface area (TPSA) is 75.4 Å². The highest BCUT2D eigenvalue weighted by atomic mass is 16.2. The van der Waals surface area contributed by atoms with Gasteiger partial charge in [0, 0.05) is 18.8 Å². The van der Waals surface area contributed by atoms with Gasteiger partial charge < -0.3 is 16.0 Å². The fourth-order valence-electron chi connectivity index (χ4n) is 2.50. The molecule has 1 heterocycles. The summed E-state index contributed by atoms with van der Waals surface area (Å²) in [6.07, 6.45) is 1.61. The van der Waals surface area contributed by atoms with Gasteiger partial charge in [-0.05, 0) is 43.9 Å².